The number of aromatic hydroxyl groups is 1. The van der Waals surface area contributed by atoms with Gasteiger partial charge in [0.1, 0.15) is 5.75 Å². The molecule has 0 spiro atoms. The molecule has 126 valence electrons. The van der Waals surface area contributed by atoms with Crippen LogP contribution in [-0.4, -0.2) is 20.7 Å². The topological polar surface area (TPSA) is 55.1 Å². The van der Waals surface area contributed by atoms with Crippen molar-refractivity contribution in [3.05, 3.63) is 76.6 Å². The highest BCUT2D eigenvalue weighted by molar-refractivity contribution is 6.00. The molecular formula is C21H20N2O2. The second-order valence-corrected chi connectivity index (χ2v) is 6.74. The molecule has 1 aliphatic rings. The zero-order valence-corrected chi connectivity index (χ0v) is 14.4. The van der Waals surface area contributed by atoms with Gasteiger partial charge in [0, 0.05) is 12.3 Å². The average molecular weight is 332 g/mol. The Kier molecular flexibility index (Phi) is 3.68. The van der Waals surface area contributed by atoms with Gasteiger partial charge < -0.3 is 5.11 Å². The summed E-state index contributed by atoms with van der Waals surface area (Å²) in [7, 11) is 0. The lowest BCUT2D eigenvalue weighted by atomic mass is 9.81. The Hall–Kier alpha value is -2.88. The summed E-state index contributed by atoms with van der Waals surface area (Å²) in [4.78, 5) is 12.8. The minimum atomic E-state index is -0.0264. The fourth-order valence-corrected chi connectivity index (χ4v) is 3.71. The van der Waals surface area contributed by atoms with Gasteiger partial charge in [0.15, 0.2) is 5.78 Å². The number of ketones is 1. The monoisotopic (exact) mass is 332 g/mol. The molecule has 0 amide bonds. The minimum Gasteiger partial charge on any atom is -0.508 e. The maximum absolute atomic E-state index is 12.8. The van der Waals surface area contributed by atoms with Crippen molar-refractivity contribution in [2.45, 2.75) is 32.6 Å². The quantitative estimate of drug-likeness (QED) is 0.768. The fraction of sp³-hybridized carbons (Fsp3) is 0.238. The highest BCUT2D eigenvalue weighted by Crippen LogP contribution is 2.38. The Labute approximate surface area is 146 Å². The maximum Gasteiger partial charge on any atom is 0.167 e. The van der Waals surface area contributed by atoms with Crippen LogP contribution in [0.15, 0.2) is 48.5 Å². The summed E-state index contributed by atoms with van der Waals surface area (Å²) in [5.41, 5.74) is 5.43. The van der Waals surface area contributed by atoms with E-state index in [-0.39, 0.29) is 17.5 Å². The van der Waals surface area contributed by atoms with Crippen LogP contribution < -0.4 is 0 Å². The summed E-state index contributed by atoms with van der Waals surface area (Å²) in [5.74, 6) is 0.328. The molecule has 1 unspecified atom stereocenters. The Morgan fingerprint density at radius 1 is 1.04 bits per heavy atom. The number of Topliss-reactive ketones (excluding diaryl/α,β-unsaturated/α-hetero) is 1. The summed E-state index contributed by atoms with van der Waals surface area (Å²) < 4.78 is 1.88. The number of benzene rings is 2. The number of aryl methyl sites for hydroxylation is 2. The van der Waals surface area contributed by atoms with Gasteiger partial charge in [-0.2, -0.15) is 5.10 Å². The second-order valence-electron chi connectivity index (χ2n) is 6.74. The molecule has 4 heteroatoms. The number of rotatable bonds is 2. The molecule has 4 rings (SSSR count). The summed E-state index contributed by atoms with van der Waals surface area (Å²) in [5, 5.41) is 14.8. The molecule has 0 saturated heterocycles. The number of para-hydroxylation sites is 1. The predicted molar refractivity (Wildman–Crippen MR) is 96.5 cm³/mol. The number of phenols is 1. The van der Waals surface area contributed by atoms with Crippen molar-refractivity contribution in [3.8, 4) is 11.4 Å². The average Bonchev–Trinajstić information content (AvgIpc) is 2.93. The van der Waals surface area contributed by atoms with E-state index in [0.717, 1.165) is 28.2 Å². The molecule has 0 aliphatic heterocycles. The lowest BCUT2D eigenvalue weighted by Crippen LogP contribution is -2.20. The van der Waals surface area contributed by atoms with Crippen LogP contribution >= 0.6 is 0 Å². The Balaban J connectivity index is 1.81. The third-order valence-electron chi connectivity index (χ3n) is 4.96. The molecule has 3 aromatic rings. The van der Waals surface area contributed by atoms with Crippen LogP contribution in [0.3, 0.4) is 0 Å². The van der Waals surface area contributed by atoms with Gasteiger partial charge in [0.05, 0.1) is 22.6 Å². The lowest BCUT2D eigenvalue weighted by Gasteiger charge is -2.23. The first-order chi connectivity index (χ1) is 12.0. The molecule has 4 nitrogen and oxygen atoms in total. The number of hydrogen-bond donors (Lipinski definition) is 1. The van der Waals surface area contributed by atoms with Gasteiger partial charge in [0.2, 0.25) is 0 Å². The SMILES string of the molecule is Cc1ccc(-n2nc(C)c3c2CC(c2ccccc2O)CC3=O)cc1. The van der Waals surface area contributed by atoms with E-state index < -0.39 is 0 Å². The highest BCUT2D eigenvalue weighted by atomic mass is 16.3. The molecular weight excluding hydrogens is 312 g/mol. The van der Waals surface area contributed by atoms with E-state index in [1.165, 1.54) is 5.56 Å². The largest absolute Gasteiger partial charge is 0.508 e. The lowest BCUT2D eigenvalue weighted by molar-refractivity contribution is 0.0963. The van der Waals surface area contributed by atoms with Crippen molar-refractivity contribution in [1.82, 2.24) is 9.78 Å². The van der Waals surface area contributed by atoms with Gasteiger partial charge in [-0.15, -0.1) is 0 Å². The standard InChI is InChI=1S/C21H20N2O2/c1-13-7-9-16(10-8-13)23-18-11-15(17-5-3-4-6-19(17)24)12-20(25)21(18)14(2)22-23/h3-10,15,24H,11-12H2,1-2H3. The number of carbonyl (C=O) groups excluding carboxylic acids is 1. The smallest absolute Gasteiger partial charge is 0.167 e. The first kappa shape index (κ1) is 15.6. The Morgan fingerprint density at radius 3 is 2.48 bits per heavy atom. The molecule has 2 aromatic carbocycles. The van der Waals surface area contributed by atoms with E-state index in [1.54, 1.807) is 12.1 Å². The zero-order chi connectivity index (χ0) is 17.6. The van der Waals surface area contributed by atoms with Crippen molar-refractivity contribution in [2.75, 3.05) is 0 Å². The summed E-state index contributed by atoms with van der Waals surface area (Å²) >= 11 is 0. The van der Waals surface area contributed by atoms with Gasteiger partial charge in [-0.25, -0.2) is 4.68 Å². The molecule has 1 aromatic heterocycles. The normalized spacial score (nSPS) is 16.7. The predicted octanol–water partition coefficient (Wildman–Crippen LogP) is 4.11. The van der Waals surface area contributed by atoms with Crippen LogP contribution in [0.2, 0.25) is 0 Å². The molecule has 0 fully saturated rings. The first-order valence-corrected chi connectivity index (χ1v) is 8.51. The fourth-order valence-electron chi connectivity index (χ4n) is 3.71. The Morgan fingerprint density at radius 2 is 1.76 bits per heavy atom. The molecule has 0 bridgehead atoms. The molecule has 0 radical (unpaired) electrons. The van der Waals surface area contributed by atoms with Crippen molar-refractivity contribution in [2.24, 2.45) is 0 Å². The minimum absolute atomic E-state index is 0.0264. The third kappa shape index (κ3) is 2.64. The highest BCUT2D eigenvalue weighted by Gasteiger charge is 2.33. The van der Waals surface area contributed by atoms with Crippen LogP contribution in [0.1, 0.15) is 45.2 Å². The van der Waals surface area contributed by atoms with Crippen molar-refractivity contribution in [1.29, 1.82) is 0 Å². The summed E-state index contributed by atoms with van der Waals surface area (Å²) in [6.07, 6.45) is 1.10. The van der Waals surface area contributed by atoms with Crippen LogP contribution in [0.25, 0.3) is 5.69 Å². The molecule has 25 heavy (non-hydrogen) atoms. The maximum atomic E-state index is 12.8. The van der Waals surface area contributed by atoms with E-state index >= 15 is 0 Å². The first-order valence-electron chi connectivity index (χ1n) is 8.51. The van der Waals surface area contributed by atoms with Crippen molar-refractivity contribution >= 4 is 5.78 Å². The second kappa shape index (κ2) is 5.88. The van der Waals surface area contributed by atoms with E-state index in [0.29, 0.717) is 12.8 Å². The number of hydrogen-bond acceptors (Lipinski definition) is 3. The van der Waals surface area contributed by atoms with Gasteiger partial charge in [-0.3, -0.25) is 4.79 Å². The molecule has 1 atom stereocenters. The van der Waals surface area contributed by atoms with E-state index in [2.05, 4.69) is 5.10 Å². The molecule has 1 aliphatic carbocycles. The van der Waals surface area contributed by atoms with Gasteiger partial charge >= 0.3 is 0 Å². The van der Waals surface area contributed by atoms with Crippen LogP contribution in [-0.2, 0) is 6.42 Å². The number of fused-ring (bicyclic) bond motifs is 1. The number of nitrogens with zero attached hydrogens (tertiary/aromatic N) is 2. The van der Waals surface area contributed by atoms with Crippen LogP contribution in [0.5, 0.6) is 5.75 Å². The van der Waals surface area contributed by atoms with E-state index in [9.17, 15) is 9.90 Å². The van der Waals surface area contributed by atoms with Gasteiger partial charge in [0.25, 0.3) is 0 Å². The van der Waals surface area contributed by atoms with Crippen LogP contribution in [0.4, 0.5) is 0 Å². The molecule has 1 N–H and O–H groups in total. The van der Waals surface area contributed by atoms with Gasteiger partial charge in [-0.05, 0) is 44.0 Å². The summed E-state index contributed by atoms with van der Waals surface area (Å²) in [6, 6.07) is 15.4. The molecule has 1 heterocycles. The van der Waals surface area contributed by atoms with E-state index in [4.69, 9.17) is 0 Å². The molecule has 0 saturated carbocycles. The number of aromatic nitrogens is 2. The Bertz CT molecular complexity index is 955. The number of carbonyl (C=O) groups is 1. The van der Waals surface area contributed by atoms with Gasteiger partial charge in [-0.1, -0.05) is 35.9 Å². The van der Waals surface area contributed by atoms with Crippen LogP contribution in [0, 0.1) is 13.8 Å². The van der Waals surface area contributed by atoms with Crippen molar-refractivity contribution in [3.63, 3.8) is 0 Å². The summed E-state index contributed by atoms with van der Waals surface area (Å²) in [6.45, 7) is 3.94. The zero-order valence-electron chi connectivity index (χ0n) is 14.4. The van der Waals surface area contributed by atoms with E-state index in [1.807, 2.05) is 54.9 Å². The third-order valence-corrected chi connectivity index (χ3v) is 4.96. The van der Waals surface area contributed by atoms with Crippen molar-refractivity contribution < 1.29 is 9.90 Å². The number of phenolic OH excluding ortho intramolecular Hbond substituents is 1.